The van der Waals surface area contributed by atoms with Crippen LogP contribution < -0.4 is 10.6 Å². The Kier molecular flexibility index (Phi) is 5.62. The minimum Gasteiger partial charge on any atom is -0.370 e. The maximum absolute atomic E-state index is 4.39. The molecule has 1 saturated carbocycles. The monoisotopic (exact) mass is 276 g/mol. The van der Waals surface area contributed by atoms with E-state index in [1.54, 1.807) is 6.33 Å². The third kappa shape index (κ3) is 4.09. The van der Waals surface area contributed by atoms with Gasteiger partial charge in [0.15, 0.2) is 0 Å². The molecular weight excluding hydrogens is 248 g/mol. The topological polar surface area (TPSA) is 49.8 Å². The molecule has 4 heteroatoms. The highest BCUT2D eigenvalue weighted by atomic mass is 15.1. The zero-order valence-electron chi connectivity index (χ0n) is 13.1. The molecule has 112 valence electrons. The fraction of sp³-hybridized carbons (Fsp3) is 0.750. The van der Waals surface area contributed by atoms with E-state index in [9.17, 15) is 0 Å². The van der Waals surface area contributed by atoms with Gasteiger partial charge in [0.05, 0.1) is 0 Å². The lowest BCUT2D eigenvalue weighted by Gasteiger charge is -2.27. The first-order valence-corrected chi connectivity index (χ1v) is 8.00. The van der Waals surface area contributed by atoms with Gasteiger partial charge in [-0.3, -0.25) is 0 Å². The third-order valence-electron chi connectivity index (χ3n) is 4.23. The molecule has 1 heterocycles. The van der Waals surface area contributed by atoms with E-state index in [0.717, 1.165) is 48.5 Å². The maximum Gasteiger partial charge on any atom is 0.134 e. The summed E-state index contributed by atoms with van der Waals surface area (Å²) in [6.45, 7) is 8.61. The summed E-state index contributed by atoms with van der Waals surface area (Å²) in [5.74, 6) is 3.61. The van der Waals surface area contributed by atoms with Crippen molar-refractivity contribution in [3.05, 3.63) is 11.9 Å². The molecule has 0 saturated heterocycles. The van der Waals surface area contributed by atoms with Gasteiger partial charge < -0.3 is 10.6 Å². The second-order valence-electron chi connectivity index (χ2n) is 6.14. The van der Waals surface area contributed by atoms with Gasteiger partial charge in [0, 0.05) is 18.7 Å². The summed E-state index contributed by atoms with van der Waals surface area (Å²) in [6.07, 6.45) is 8.22. The van der Waals surface area contributed by atoms with Crippen molar-refractivity contribution >= 4 is 11.6 Å². The average molecular weight is 276 g/mol. The van der Waals surface area contributed by atoms with E-state index >= 15 is 0 Å². The molecule has 1 aliphatic carbocycles. The smallest absolute Gasteiger partial charge is 0.134 e. The average Bonchev–Trinajstić information content (AvgIpc) is 2.45. The summed E-state index contributed by atoms with van der Waals surface area (Å²) < 4.78 is 0. The van der Waals surface area contributed by atoms with Crippen LogP contribution in [-0.2, 0) is 0 Å². The molecule has 20 heavy (non-hydrogen) atoms. The van der Waals surface area contributed by atoms with E-state index < -0.39 is 0 Å². The van der Waals surface area contributed by atoms with Crippen LogP contribution in [0.1, 0.15) is 51.5 Å². The summed E-state index contributed by atoms with van der Waals surface area (Å²) in [6, 6.07) is 0. The molecule has 2 unspecified atom stereocenters. The van der Waals surface area contributed by atoms with Gasteiger partial charge in [-0.2, -0.15) is 0 Å². The van der Waals surface area contributed by atoms with Gasteiger partial charge in [-0.15, -0.1) is 0 Å². The van der Waals surface area contributed by atoms with E-state index in [1.165, 1.54) is 25.7 Å². The summed E-state index contributed by atoms with van der Waals surface area (Å²) in [5, 5.41) is 6.89. The van der Waals surface area contributed by atoms with Gasteiger partial charge in [0.1, 0.15) is 18.0 Å². The van der Waals surface area contributed by atoms with Crippen molar-refractivity contribution in [2.24, 2.45) is 11.8 Å². The first-order valence-electron chi connectivity index (χ1n) is 8.00. The van der Waals surface area contributed by atoms with Gasteiger partial charge in [0.2, 0.25) is 0 Å². The minimum absolute atomic E-state index is 0.792. The van der Waals surface area contributed by atoms with Crippen LogP contribution in [0.25, 0.3) is 0 Å². The number of rotatable bonds is 6. The third-order valence-corrected chi connectivity index (χ3v) is 4.23. The number of nitrogens with one attached hydrogen (secondary N) is 2. The van der Waals surface area contributed by atoms with E-state index in [0.29, 0.717) is 0 Å². The van der Waals surface area contributed by atoms with Crippen LogP contribution in [0.15, 0.2) is 6.33 Å². The van der Waals surface area contributed by atoms with E-state index in [2.05, 4.69) is 41.4 Å². The SMILES string of the molecule is CCCNc1ncnc(NCC2CCCC(C)C2)c1C. The van der Waals surface area contributed by atoms with Crippen molar-refractivity contribution in [2.75, 3.05) is 23.7 Å². The maximum atomic E-state index is 4.39. The van der Waals surface area contributed by atoms with Crippen LogP contribution >= 0.6 is 0 Å². The molecule has 0 bridgehead atoms. The highest BCUT2D eigenvalue weighted by molar-refractivity contribution is 5.56. The predicted octanol–water partition coefficient (Wildman–Crippen LogP) is 3.85. The molecule has 1 aromatic heterocycles. The normalized spacial score (nSPS) is 22.6. The van der Waals surface area contributed by atoms with E-state index in [4.69, 9.17) is 0 Å². The highest BCUT2D eigenvalue weighted by Gasteiger charge is 2.19. The van der Waals surface area contributed by atoms with Gasteiger partial charge in [-0.25, -0.2) is 9.97 Å². The van der Waals surface area contributed by atoms with E-state index in [1.807, 2.05) is 0 Å². The first-order chi connectivity index (χ1) is 9.70. The zero-order chi connectivity index (χ0) is 14.4. The van der Waals surface area contributed by atoms with Gasteiger partial charge in [-0.05, 0) is 38.0 Å². The summed E-state index contributed by atoms with van der Waals surface area (Å²) in [4.78, 5) is 8.71. The number of anilines is 2. The second-order valence-corrected chi connectivity index (χ2v) is 6.14. The number of hydrogen-bond donors (Lipinski definition) is 2. The molecule has 2 atom stereocenters. The molecular formula is C16H28N4. The fourth-order valence-electron chi connectivity index (χ4n) is 3.04. The minimum atomic E-state index is 0.792. The lowest BCUT2D eigenvalue weighted by Crippen LogP contribution is -2.22. The van der Waals surface area contributed by atoms with Gasteiger partial charge in [-0.1, -0.05) is 26.7 Å². The number of aromatic nitrogens is 2. The van der Waals surface area contributed by atoms with Crippen LogP contribution in [0, 0.1) is 18.8 Å². The van der Waals surface area contributed by atoms with Gasteiger partial charge >= 0.3 is 0 Å². The Morgan fingerprint density at radius 1 is 1.20 bits per heavy atom. The van der Waals surface area contributed by atoms with Crippen LogP contribution in [0.2, 0.25) is 0 Å². The molecule has 1 aliphatic rings. The molecule has 0 spiro atoms. The summed E-state index contributed by atoms with van der Waals surface area (Å²) in [7, 11) is 0. The standard InChI is InChI=1S/C16H28N4/c1-4-8-17-15-13(3)16(20-11-19-15)18-10-14-7-5-6-12(2)9-14/h11-12,14H,4-10H2,1-3H3,(H2,17,18,19,20). The Morgan fingerprint density at radius 3 is 2.65 bits per heavy atom. The lowest BCUT2D eigenvalue weighted by atomic mass is 9.82. The summed E-state index contributed by atoms with van der Waals surface area (Å²) >= 11 is 0. The Morgan fingerprint density at radius 2 is 1.95 bits per heavy atom. The quantitative estimate of drug-likeness (QED) is 0.828. The number of hydrogen-bond acceptors (Lipinski definition) is 4. The van der Waals surface area contributed by atoms with Crippen LogP contribution in [0.4, 0.5) is 11.6 Å². The highest BCUT2D eigenvalue weighted by Crippen LogP contribution is 2.29. The molecule has 2 rings (SSSR count). The summed E-state index contributed by atoms with van der Waals surface area (Å²) in [5.41, 5.74) is 1.13. The molecule has 0 aliphatic heterocycles. The zero-order valence-corrected chi connectivity index (χ0v) is 13.1. The largest absolute Gasteiger partial charge is 0.370 e. The Labute approximate surface area is 122 Å². The van der Waals surface area contributed by atoms with Crippen LogP contribution in [0.3, 0.4) is 0 Å². The Bertz CT molecular complexity index is 419. The van der Waals surface area contributed by atoms with Crippen molar-refractivity contribution in [1.29, 1.82) is 0 Å². The van der Waals surface area contributed by atoms with Crippen molar-refractivity contribution < 1.29 is 0 Å². The first kappa shape index (κ1) is 15.1. The molecule has 1 fully saturated rings. The van der Waals surface area contributed by atoms with Crippen molar-refractivity contribution in [3.63, 3.8) is 0 Å². The molecule has 4 nitrogen and oxygen atoms in total. The predicted molar refractivity (Wildman–Crippen MR) is 85.2 cm³/mol. The van der Waals surface area contributed by atoms with Crippen LogP contribution in [0.5, 0.6) is 0 Å². The number of nitrogens with zero attached hydrogens (tertiary/aromatic N) is 2. The Hall–Kier alpha value is -1.32. The molecule has 0 amide bonds. The molecule has 1 aromatic rings. The lowest BCUT2D eigenvalue weighted by molar-refractivity contribution is 0.293. The second kappa shape index (κ2) is 7.46. The molecule has 2 N–H and O–H groups in total. The Balaban J connectivity index is 1.91. The van der Waals surface area contributed by atoms with Crippen LogP contribution in [-0.4, -0.2) is 23.1 Å². The van der Waals surface area contributed by atoms with Crippen molar-refractivity contribution in [3.8, 4) is 0 Å². The molecule has 0 aromatic carbocycles. The van der Waals surface area contributed by atoms with E-state index in [-0.39, 0.29) is 0 Å². The molecule has 0 radical (unpaired) electrons. The van der Waals surface area contributed by atoms with Crippen molar-refractivity contribution in [2.45, 2.75) is 52.9 Å². The fourth-order valence-corrected chi connectivity index (χ4v) is 3.04. The van der Waals surface area contributed by atoms with Gasteiger partial charge in [0.25, 0.3) is 0 Å². The van der Waals surface area contributed by atoms with Crippen molar-refractivity contribution in [1.82, 2.24) is 9.97 Å².